The zero-order valence-corrected chi connectivity index (χ0v) is 12.5. The lowest BCUT2D eigenvalue weighted by atomic mass is 10.1. The van der Waals surface area contributed by atoms with Crippen molar-refractivity contribution < 1.29 is 13.5 Å². The molecule has 1 rings (SSSR count). The first-order chi connectivity index (χ1) is 8.72. The number of nitrogens with zero attached hydrogens (tertiary/aromatic N) is 2. The second-order valence-electron chi connectivity index (χ2n) is 4.85. The van der Waals surface area contributed by atoms with E-state index in [-0.39, 0.29) is 18.1 Å². The van der Waals surface area contributed by atoms with Gasteiger partial charge in [-0.25, -0.2) is 13.4 Å². The number of aliphatic hydroxyl groups is 1. The largest absolute Gasteiger partial charge is 0.389 e. The van der Waals surface area contributed by atoms with E-state index in [4.69, 9.17) is 0 Å². The maximum Gasteiger partial charge on any atom is 0.262 e. The van der Waals surface area contributed by atoms with E-state index < -0.39 is 15.6 Å². The molecule has 0 radical (unpaired) electrons. The SMILES string of the molecule is CCN(CC(C)(C)O)S(=O)(=O)c1ncccc1NC. The van der Waals surface area contributed by atoms with Gasteiger partial charge in [-0.3, -0.25) is 0 Å². The number of likely N-dealkylation sites (N-methyl/N-ethyl adjacent to an activating group) is 1. The van der Waals surface area contributed by atoms with Gasteiger partial charge in [-0.1, -0.05) is 6.92 Å². The third-order valence-corrected chi connectivity index (χ3v) is 4.42. The highest BCUT2D eigenvalue weighted by atomic mass is 32.2. The summed E-state index contributed by atoms with van der Waals surface area (Å²) in [5.41, 5.74) is -0.658. The maximum atomic E-state index is 12.5. The topological polar surface area (TPSA) is 82.5 Å². The molecular weight excluding hydrogens is 266 g/mol. The molecule has 6 nitrogen and oxygen atoms in total. The average molecular weight is 287 g/mol. The fraction of sp³-hybridized carbons (Fsp3) is 0.583. The van der Waals surface area contributed by atoms with Crippen molar-refractivity contribution in [1.82, 2.24) is 9.29 Å². The zero-order chi connectivity index (χ0) is 14.7. The van der Waals surface area contributed by atoms with Crippen LogP contribution in [0.3, 0.4) is 0 Å². The van der Waals surface area contributed by atoms with Gasteiger partial charge in [0.05, 0.1) is 11.3 Å². The number of sulfonamides is 1. The van der Waals surface area contributed by atoms with Crippen molar-refractivity contribution in [3.63, 3.8) is 0 Å². The zero-order valence-electron chi connectivity index (χ0n) is 11.7. The van der Waals surface area contributed by atoms with Gasteiger partial charge in [0.25, 0.3) is 10.0 Å². The molecule has 0 amide bonds. The van der Waals surface area contributed by atoms with Crippen LogP contribution in [0, 0.1) is 0 Å². The third-order valence-electron chi connectivity index (χ3n) is 2.54. The molecule has 0 aliphatic rings. The van der Waals surface area contributed by atoms with Crippen LogP contribution in [0.25, 0.3) is 0 Å². The lowest BCUT2D eigenvalue weighted by Gasteiger charge is -2.27. The quantitative estimate of drug-likeness (QED) is 0.812. The van der Waals surface area contributed by atoms with Gasteiger partial charge in [0.15, 0.2) is 5.03 Å². The highest BCUT2D eigenvalue weighted by Crippen LogP contribution is 2.22. The number of hydrogen-bond donors (Lipinski definition) is 2. The number of anilines is 1. The molecule has 0 unspecified atom stereocenters. The van der Waals surface area contributed by atoms with Crippen LogP contribution >= 0.6 is 0 Å². The molecule has 0 aliphatic carbocycles. The minimum Gasteiger partial charge on any atom is -0.389 e. The van der Waals surface area contributed by atoms with Gasteiger partial charge in [0.1, 0.15) is 0 Å². The number of aromatic nitrogens is 1. The fourth-order valence-corrected chi connectivity index (χ4v) is 3.42. The van der Waals surface area contributed by atoms with Gasteiger partial charge in [0.2, 0.25) is 0 Å². The van der Waals surface area contributed by atoms with Crippen LogP contribution in [0.15, 0.2) is 23.4 Å². The Morgan fingerprint density at radius 2 is 2.11 bits per heavy atom. The average Bonchev–Trinajstić information content (AvgIpc) is 2.34. The van der Waals surface area contributed by atoms with Crippen LogP contribution in [-0.4, -0.2) is 48.6 Å². The van der Waals surface area contributed by atoms with Gasteiger partial charge >= 0.3 is 0 Å². The molecule has 19 heavy (non-hydrogen) atoms. The molecule has 0 aliphatic heterocycles. The molecule has 1 aromatic rings. The summed E-state index contributed by atoms with van der Waals surface area (Å²) in [6, 6.07) is 3.31. The summed E-state index contributed by atoms with van der Waals surface area (Å²) in [5, 5.41) is 12.6. The summed E-state index contributed by atoms with van der Waals surface area (Å²) < 4.78 is 26.3. The molecule has 0 saturated heterocycles. The summed E-state index contributed by atoms with van der Waals surface area (Å²) in [6.45, 7) is 5.16. The Morgan fingerprint density at radius 1 is 1.47 bits per heavy atom. The smallest absolute Gasteiger partial charge is 0.262 e. The standard InChI is InChI=1S/C12H21N3O3S/c1-5-15(9-12(2,3)16)19(17,18)11-10(13-4)7-6-8-14-11/h6-8,13,16H,5,9H2,1-4H3. The Bertz CT molecular complexity index is 523. The first-order valence-electron chi connectivity index (χ1n) is 6.07. The van der Waals surface area contributed by atoms with Crippen molar-refractivity contribution in [2.75, 3.05) is 25.5 Å². The molecule has 1 heterocycles. The van der Waals surface area contributed by atoms with Gasteiger partial charge in [-0.05, 0) is 26.0 Å². The molecule has 108 valence electrons. The lowest BCUT2D eigenvalue weighted by molar-refractivity contribution is 0.0601. The monoisotopic (exact) mass is 287 g/mol. The van der Waals surface area contributed by atoms with E-state index in [0.717, 1.165) is 0 Å². The van der Waals surface area contributed by atoms with Crippen molar-refractivity contribution in [3.8, 4) is 0 Å². The number of hydrogen-bond acceptors (Lipinski definition) is 5. The van der Waals surface area contributed by atoms with E-state index in [1.165, 1.54) is 10.5 Å². The van der Waals surface area contributed by atoms with Gasteiger partial charge < -0.3 is 10.4 Å². The van der Waals surface area contributed by atoms with Crippen LogP contribution in [-0.2, 0) is 10.0 Å². The summed E-state index contributed by atoms with van der Waals surface area (Å²) in [5.74, 6) is 0. The molecule has 0 spiro atoms. The van der Waals surface area contributed by atoms with Gasteiger partial charge in [-0.15, -0.1) is 0 Å². The highest BCUT2D eigenvalue weighted by molar-refractivity contribution is 7.89. The van der Waals surface area contributed by atoms with Crippen molar-refractivity contribution in [1.29, 1.82) is 0 Å². The number of pyridine rings is 1. The summed E-state index contributed by atoms with van der Waals surface area (Å²) >= 11 is 0. The third kappa shape index (κ3) is 3.89. The summed E-state index contributed by atoms with van der Waals surface area (Å²) in [4.78, 5) is 3.95. The molecule has 0 fully saturated rings. The lowest BCUT2D eigenvalue weighted by Crippen LogP contribution is -2.42. The van der Waals surface area contributed by atoms with E-state index in [1.807, 2.05) is 0 Å². The molecule has 7 heteroatoms. The minimum absolute atomic E-state index is 0.0194. The van der Waals surface area contributed by atoms with E-state index in [2.05, 4.69) is 10.3 Å². The maximum absolute atomic E-state index is 12.5. The van der Waals surface area contributed by atoms with E-state index in [1.54, 1.807) is 40.0 Å². The number of rotatable bonds is 6. The first-order valence-corrected chi connectivity index (χ1v) is 7.51. The minimum atomic E-state index is -3.73. The summed E-state index contributed by atoms with van der Waals surface area (Å²) in [6.07, 6.45) is 1.44. The van der Waals surface area contributed by atoms with Gasteiger partial charge in [0, 0.05) is 26.3 Å². The number of nitrogens with one attached hydrogen (secondary N) is 1. The Balaban J connectivity index is 3.21. The van der Waals surface area contributed by atoms with Crippen LogP contribution in [0.4, 0.5) is 5.69 Å². The van der Waals surface area contributed by atoms with Crippen molar-refractivity contribution in [2.45, 2.75) is 31.4 Å². The molecule has 0 atom stereocenters. The molecule has 0 aromatic carbocycles. The Labute approximate surface area is 114 Å². The van der Waals surface area contributed by atoms with Crippen molar-refractivity contribution in [3.05, 3.63) is 18.3 Å². The van der Waals surface area contributed by atoms with Gasteiger partial charge in [-0.2, -0.15) is 4.31 Å². The van der Waals surface area contributed by atoms with Crippen molar-refractivity contribution in [2.24, 2.45) is 0 Å². The van der Waals surface area contributed by atoms with E-state index >= 15 is 0 Å². The van der Waals surface area contributed by atoms with Crippen LogP contribution in [0.1, 0.15) is 20.8 Å². The molecule has 0 saturated carbocycles. The molecule has 2 N–H and O–H groups in total. The second kappa shape index (κ2) is 5.85. The first kappa shape index (κ1) is 15.9. The van der Waals surface area contributed by atoms with E-state index in [9.17, 15) is 13.5 Å². The molecule has 1 aromatic heterocycles. The fourth-order valence-electron chi connectivity index (χ4n) is 1.71. The predicted molar refractivity (Wildman–Crippen MR) is 74.5 cm³/mol. The molecule has 0 bridgehead atoms. The second-order valence-corrected chi connectivity index (χ2v) is 6.70. The Hall–Kier alpha value is -1.18. The Kier molecular flexibility index (Phi) is 4.89. The van der Waals surface area contributed by atoms with Crippen LogP contribution < -0.4 is 5.32 Å². The highest BCUT2D eigenvalue weighted by Gasteiger charge is 2.30. The predicted octanol–water partition coefficient (Wildman–Crippen LogP) is 0.905. The van der Waals surface area contributed by atoms with E-state index in [0.29, 0.717) is 5.69 Å². The normalized spacial score (nSPS) is 12.7. The van der Waals surface area contributed by atoms with Crippen molar-refractivity contribution >= 4 is 15.7 Å². The van der Waals surface area contributed by atoms with Crippen LogP contribution in [0.2, 0.25) is 0 Å². The summed E-state index contributed by atoms with van der Waals surface area (Å²) in [7, 11) is -2.09. The molecular formula is C12H21N3O3S. The van der Waals surface area contributed by atoms with Crippen LogP contribution in [0.5, 0.6) is 0 Å². The Morgan fingerprint density at radius 3 is 2.58 bits per heavy atom.